The van der Waals surface area contributed by atoms with Gasteiger partial charge in [0.05, 0.1) is 11.1 Å². The third kappa shape index (κ3) is 2.78. The fourth-order valence-electron chi connectivity index (χ4n) is 4.58. The number of Topliss-reactive ketones (excluding diaryl/α,β-unsaturated/α-hetero) is 2. The zero-order valence-electron chi connectivity index (χ0n) is 16.4. The largest absolute Gasteiger partial charge is 0.399 e. The van der Waals surface area contributed by atoms with Crippen molar-refractivity contribution in [2.45, 2.75) is 36.5 Å². The fraction of sp³-hybridized carbons (Fsp3) is 0.318. The van der Waals surface area contributed by atoms with Crippen LogP contribution >= 0.6 is 0 Å². The van der Waals surface area contributed by atoms with Gasteiger partial charge in [-0.25, -0.2) is 0 Å². The van der Waals surface area contributed by atoms with Gasteiger partial charge in [0.2, 0.25) is 0 Å². The van der Waals surface area contributed by atoms with E-state index in [1.165, 1.54) is 12.1 Å². The van der Waals surface area contributed by atoms with Crippen molar-refractivity contribution in [2.75, 3.05) is 11.1 Å². The summed E-state index contributed by atoms with van der Waals surface area (Å²) >= 11 is 0. The zero-order chi connectivity index (χ0) is 21.3. The average Bonchev–Trinajstić information content (AvgIpc) is 3.51. The molecule has 0 bridgehead atoms. The Morgan fingerprint density at radius 2 is 1.90 bits per heavy atom. The Morgan fingerprint density at radius 3 is 2.63 bits per heavy atom. The molecule has 1 heterocycles. The van der Waals surface area contributed by atoms with Gasteiger partial charge in [0, 0.05) is 11.3 Å². The molecule has 7 nitrogen and oxygen atoms in total. The van der Waals surface area contributed by atoms with E-state index in [0.29, 0.717) is 17.9 Å². The Morgan fingerprint density at radius 1 is 1.17 bits per heavy atom. The second-order valence-electron chi connectivity index (χ2n) is 8.52. The molecule has 0 radical (unpaired) electrons. The van der Waals surface area contributed by atoms with Crippen LogP contribution in [0.15, 0.2) is 51.8 Å². The molecule has 2 atom stereocenters. The Labute approximate surface area is 174 Å². The van der Waals surface area contributed by atoms with Crippen molar-refractivity contribution in [1.82, 2.24) is 0 Å². The number of nitrogen functional groups attached to an aromatic ring is 1. The summed E-state index contributed by atoms with van der Waals surface area (Å²) in [5.74, 6) is -1.72. The molecule has 1 saturated carbocycles. The van der Waals surface area contributed by atoms with E-state index in [9.17, 15) is 18.0 Å². The number of nitrogens with one attached hydrogen (secondary N) is 1. The summed E-state index contributed by atoms with van der Waals surface area (Å²) in [4.78, 5) is 27.0. The number of hydrogen-bond acceptors (Lipinski definition) is 6. The average molecular weight is 423 g/mol. The number of amidine groups is 1. The third-order valence-electron chi connectivity index (χ3n) is 6.29. The van der Waals surface area contributed by atoms with Crippen molar-refractivity contribution in [3.63, 3.8) is 0 Å². The minimum Gasteiger partial charge on any atom is -0.399 e. The van der Waals surface area contributed by atoms with E-state index < -0.39 is 27.1 Å². The van der Waals surface area contributed by atoms with Gasteiger partial charge in [-0.05, 0) is 43.0 Å². The molecule has 1 fully saturated rings. The molecule has 8 heteroatoms. The van der Waals surface area contributed by atoms with Gasteiger partial charge in [-0.15, -0.1) is 4.40 Å². The van der Waals surface area contributed by atoms with Crippen LogP contribution in [0.4, 0.5) is 11.4 Å². The number of carbonyl (C=O) groups is 2. The van der Waals surface area contributed by atoms with E-state index in [2.05, 4.69) is 9.71 Å². The summed E-state index contributed by atoms with van der Waals surface area (Å²) < 4.78 is 29.4. The third-order valence-corrected chi connectivity index (χ3v) is 7.62. The second kappa shape index (κ2) is 6.25. The number of fused-ring (bicyclic) bond motifs is 2. The number of carbonyl (C=O) groups excluding carboxylic acids is 2. The maximum atomic E-state index is 13.7. The lowest BCUT2D eigenvalue weighted by molar-refractivity contribution is -0.125. The van der Waals surface area contributed by atoms with Gasteiger partial charge < -0.3 is 11.1 Å². The van der Waals surface area contributed by atoms with E-state index in [-0.39, 0.29) is 27.9 Å². The minimum atomic E-state index is -4.09. The van der Waals surface area contributed by atoms with Crippen molar-refractivity contribution in [3.8, 4) is 0 Å². The highest BCUT2D eigenvalue weighted by atomic mass is 32.2. The summed E-state index contributed by atoms with van der Waals surface area (Å²) in [5, 5.41) is 2.92. The van der Waals surface area contributed by atoms with Crippen LogP contribution in [-0.2, 0) is 20.2 Å². The standard InChI is InChI=1S/C22H21N3O4S/c1-22(11-12-6-7-12)15-5-3-2-4-14(15)19(26)18(20(22)27)21-24-16-9-8-13(23)10-17(16)30(28,29)25-21/h2-5,8-10,12,18H,6-7,11,23H2,1H3,(H,24,25). The topological polar surface area (TPSA) is 119 Å². The van der Waals surface area contributed by atoms with Crippen LogP contribution in [0.5, 0.6) is 0 Å². The maximum absolute atomic E-state index is 13.7. The van der Waals surface area contributed by atoms with Crippen molar-refractivity contribution in [2.24, 2.45) is 16.2 Å². The predicted octanol–water partition coefficient (Wildman–Crippen LogP) is 2.92. The molecule has 2 aliphatic carbocycles. The minimum absolute atomic E-state index is 0.0666. The molecule has 2 aromatic rings. The van der Waals surface area contributed by atoms with Crippen LogP contribution in [0.2, 0.25) is 0 Å². The Balaban J connectivity index is 1.65. The van der Waals surface area contributed by atoms with E-state index in [0.717, 1.165) is 18.4 Å². The Bertz CT molecular complexity index is 1250. The molecule has 0 amide bonds. The molecule has 0 saturated heterocycles. The highest BCUT2D eigenvalue weighted by Crippen LogP contribution is 2.47. The zero-order valence-corrected chi connectivity index (χ0v) is 17.2. The quantitative estimate of drug-likeness (QED) is 0.579. The molecule has 3 aliphatic rings. The highest BCUT2D eigenvalue weighted by molar-refractivity contribution is 7.90. The number of rotatable bonds is 3. The Hall–Kier alpha value is -3.00. The fourth-order valence-corrected chi connectivity index (χ4v) is 5.77. The maximum Gasteiger partial charge on any atom is 0.286 e. The number of nitrogens with zero attached hydrogens (tertiary/aromatic N) is 1. The predicted molar refractivity (Wildman–Crippen MR) is 113 cm³/mol. The first-order valence-electron chi connectivity index (χ1n) is 9.90. The van der Waals surface area contributed by atoms with Gasteiger partial charge in [-0.1, -0.05) is 37.1 Å². The first-order valence-corrected chi connectivity index (χ1v) is 11.3. The molecule has 1 aliphatic heterocycles. The molecule has 5 rings (SSSR count). The molecule has 2 aromatic carbocycles. The van der Waals surface area contributed by atoms with Crippen molar-refractivity contribution >= 4 is 38.8 Å². The van der Waals surface area contributed by atoms with Gasteiger partial charge in [0.15, 0.2) is 11.6 Å². The normalized spacial score (nSPS) is 27.0. The molecular formula is C22H21N3O4S. The SMILES string of the molecule is CC1(CC2CC2)C(=O)C(C2=NS(=O)(=O)c3cc(N)ccc3N2)C(=O)c2ccccc21. The summed E-state index contributed by atoms with van der Waals surface area (Å²) in [7, 11) is -4.09. The molecule has 0 spiro atoms. The van der Waals surface area contributed by atoms with Crippen molar-refractivity contribution < 1.29 is 18.0 Å². The number of ketones is 2. The Kier molecular flexibility index (Phi) is 3.96. The lowest BCUT2D eigenvalue weighted by atomic mass is 9.63. The van der Waals surface area contributed by atoms with Gasteiger partial charge in [0.1, 0.15) is 16.6 Å². The van der Waals surface area contributed by atoms with E-state index in [1.807, 2.05) is 19.1 Å². The number of sulfonamides is 1. The van der Waals surface area contributed by atoms with Crippen LogP contribution < -0.4 is 11.1 Å². The highest BCUT2D eigenvalue weighted by Gasteiger charge is 2.53. The van der Waals surface area contributed by atoms with E-state index in [1.54, 1.807) is 18.2 Å². The smallest absolute Gasteiger partial charge is 0.286 e. The van der Waals surface area contributed by atoms with Crippen LogP contribution in [0.1, 0.15) is 42.1 Å². The molecule has 2 unspecified atom stereocenters. The van der Waals surface area contributed by atoms with Gasteiger partial charge in [-0.2, -0.15) is 8.42 Å². The summed E-state index contributed by atoms with van der Waals surface area (Å²) in [6.07, 6.45) is 2.76. The van der Waals surface area contributed by atoms with Crippen LogP contribution in [0.3, 0.4) is 0 Å². The molecule has 3 N–H and O–H groups in total. The first-order chi connectivity index (χ1) is 14.2. The van der Waals surface area contributed by atoms with Gasteiger partial charge in [0.25, 0.3) is 10.0 Å². The summed E-state index contributed by atoms with van der Waals surface area (Å²) in [5.41, 5.74) is 6.57. The number of anilines is 2. The number of hydrogen-bond donors (Lipinski definition) is 2. The van der Waals surface area contributed by atoms with E-state index >= 15 is 0 Å². The molecule has 154 valence electrons. The number of benzene rings is 2. The van der Waals surface area contributed by atoms with Crippen molar-refractivity contribution in [3.05, 3.63) is 53.6 Å². The summed E-state index contributed by atoms with van der Waals surface area (Å²) in [6.45, 7) is 1.86. The lowest BCUT2D eigenvalue weighted by Crippen LogP contribution is -2.51. The van der Waals surface area contributed by atoms with Crippen LogP contribution in [0, 0.1) is 11.8 Å². The monoisotopic (exact) mass is 423 g/mol. The number of nitrogens with two attached hydrogens (primary N) is 1. The van der Waals surface area contributed by atoms with Gasteiger partial charge >= 0.3 is 0 Å². The van der Waals surface area contributed by atoms with Crippen molar-refractivity contribution in [1.29, 1.82) is 0 Å². The van der Waals surface area contributed by atoms with Crippen LogP contribution in [0.25, 0.3) is 0 Å². The van der Waals surface area contributed by atoms with Crippen LogP contribution in [-0.4, -0.2) is 25.8 Å². The molecule has 30 heavy (non-hydrogen) atoms. The first kappa shape index (κ1) is 19.0. The lowest BCUT2D eigenvalue weighted by Gasteiger charge is -2.38. The summed E-state index contributed by atoms with van der Waals surface area (Å²) in [6, 6.07) is 11.5. The molecular weight excluding hydrogens is 402 g/mol. The van der Waals surface area contributed by atoms with E-state index in [4.69, 9.17) is 5.73 Å². The van der Waals surface area contributed by atoms with Gasteiger partial charge in [-0.3, -0.25) is 9.59 Å². The second-order valence-corrected chi connectivity index (χ2v) is 10.1. The molecule has 0 aromatic heterocycles.